The lowest BCUT2D eigenvalue weighted by atomic mass is 10.1. The Morgan fingerprint density at radius 1 is 1.38 bits per heavy atom. The number of aromatic hydroxyl groups is 1. The average Bonchev–Trinajstić information content (AvgIpc) is 3.17. The molecule has 1 aliphatic carbocycles. The van der Waals surface area contributed by atoms with Gasteiger partial charge in [0.1, 0.15) is 18.0 Å². The van der Waals surface area contributed by atoms with Crippen molar-refractivity contribution in [2.75, 3.05) is 10.8 Å². The highest BCUT2D eigenvalue weighted by atomic mass is 32.2. The molecular formula is C14H12FN3O5S. The maximum atomic E-state index is 14.9. The zero-order valence-corrected chi connectivity index (χ0v) is 13.0. The van der Waals surface area contributed by atoms with E-state index in [0.717, 1.165) is 18.9 Å². The van der Waals surface area contributed by atoms with Gasteiger partial charge >= 0.3 is 10.2 Å². The Bertz CT molecular complexity index is 951. The minimum absolute atomic E-state index is 0.0447. The van der Waals surface area contributed by atoms with Crippen LogP contribution in [0.3, 0.4) is 0 Å². The molecule has 126 valence electrons. The average molecular weight is 353 g/mol. The van der Waals surface area contributed by atoms with Gasteiger partial charge in [-0.05, 0) is 25.0 Å². The van der Waals surface area contributed by atoms with E-state index in [-0.39, 0.29) is 11.3 Å². The maximum Gasteiger partial charge on any atom is 0.326 e. The largest absolute Gasteiger partial charge is 0.506 e. The maximum absolute atomic E-state index is 14.9. The minimum atomic E-state index is -4.24. The van der Waals surface area contributed by atoms with E-state index in [1.807, 2.05) is 0 Å². The minimum Gasteiger partial charge on any atom is -0.506 e. The fourth-order valence-electron chi connectivity index (χ4n) is 2.62. The topological polar surface area (TPSA) is 113 Å². The van der Waals surface area contributed by atoms with Crippen LogP contribution in [0.5, 0.6) is 5.75 Å². The first-order valence-corrected chi connectivity index (χ1v) is 8.62. The molecule has 1 amide bonds. The van der Waals surface area contributed by atoms with E-state index in [1.54, 1.807) is 10.8 Å². The lowest BCUT2D eigenvalue weighted by Gasteiger charge is -2.17. The highest BCUT2D eigenvalue weighted by Crippen LogP contribution is 2.42. The molecule has 0 radical (unpaired) electrons. The number of nitrogens with zero attached hydrogens (tertiary/aromatic N) is 2. The van der Waals surface area contributed by atoms with Crippen LogP contribution >= 0.6 is 0 Å². The van der Waals surface area contributed by atoms with Crippen LogP contribution in [0.15, 0.2) is 22.7 Å². The van der Waals surface area contributed by atoms with Gasteiger partial charge in [0, 0.05) is 12.0 Å². The highest BCUT2D eigenvalue weighted by Gasteiger charge is 2.38. The number of hydrogen-bond acceptors (Lipinski definition) is 6. The Morgan fingerprint density at radius 2 is 2.12 bits per heavy atom. The summed E-state index contributed by atoms with van der Waals surface area (Å²) in [6.07, 6.45) is 1.99. The van der Waals surface area contributed by atoms with E-state index in [1.165, 1.54) is 6.07 Å². The number of rotatable bonds is 3. The van der Waals surface area contributed by atoms with E-state index >= 15 is 0 Å². The monoisotopic (exact) mass is 353 g/mol. The number of halogens is 1. The first kappa shape index (κ1) is 14.9. The van der Waals surface area contributed by atoms with E-state index in [9.17, 15) is 22.7 Å². The summed E-state index contributed by atoms with van der Waals surface area (Å²) in [7, 11) is -4.24. The van der Waals surface area contributed by atoms with Crippen molar-refractivity contribution in [3.8, 4) is 17.1 Å². The van der Waals surface area contributed by atoms with Gasteiger partial charge in [0.25, 0.3) is 5.91 Å². The van der Waals surface area contributed by atoms with Gasteiger partial charge in [-0.25, -0.2) is 13.4 Å². The summed E-state index contributed by atoms with van der Waals surface area (Å²) in [5.74, 6) is -1.98. The van der Waals surface area contributed by atoms with Gasteiger partial charge in [0.05, 0.1) is 11.3 Å². The van der Waals surface area contributed by atoms with Gasteiger partial charge < -0.3 is 9.63 Å². The van der Waals surface area contributed by atoms with E-state index in [4.69, 9.17) is 4.52 Å². The lowest BCUT2D eigenvalue weighted by molar-refractivity contribution is -0.117. The molecule has 1 aliphatic heterocycles. The van der Waals surface area contributed by atoms with Crippen molar-refractivity contribution in [1.82, 2.24) is 9.88 Å². The Labute approximate surface area is 136 Å². The van der Waals surface area contributed by atoms with Crippen LogP contribution in [0.4, 0.5) is 10.1 Å². The standard InChI is InChI=1S/C14H12FN3O5S/c15-13-8(11-5-9(16-23-11)7-1-2-7)3-4-10(19)14(13)18-6-12(20)17-24(18,21)22/h3-5,7,19H,1-2,6H2,(H,17,20). The van der Waals surface area contributed by atoms with Gasteiger partial charge in [0.15, 0.2) is 11.6 Å². The van der Waals surface area contributed by atoms with Crippen LogP contribution < -0.4 is 9.03 Å². The van der Waals surface area contributed by atoms with Gasteiger partial charge in [-0.2, -0.15) is 8.42 Å². The molecule has 0 bridgehead atoms. The summed E-state index contributed by atoms with van der Waals surface area (Å²) in [4.78, 5) is 11.3. The molecule has 2 aliphatic rings. The van der Waals surface area contributed by atoms with Gasteiger partial charge in [-0.1, -0.05) is 5.16 Å². The fraction of sp³-hybridized carbons (Fsp3) is 0.286. The molecule has 1 saturated heterocycles. The van der Waals surface area contributed by atoms with Crippen molar-refractivity contribution < 1.29 is 27.2 Å². The number of aromatic nitrogens is 1. The molecule has 4 rings (SSSR count). The molecule has 0 atom stereocenters. The second-order valence-electron chi connectivity index (χ2n) is 5.72. The summed E-state index contributed by atoms with van der Waals surface area (Å²) in [6.45, 7) is -0.611. The number of phenols is 1. The van der Waals surface area contributed by atoms with Crippen molar-refractivity contribution in [2.45, 2.75) is 18.8 Å². The Balaban J connectivity index is 1.82. The third-order valence-corrected chi connectivity index (χ3v) is 5.33. The molecule has 8 nitrogen and oxygen atoms in total. The smallest absolute Gasteiger partial charge is 0.326 e. The van der Waals surface area contributed by atoms with Crippen molar-refractivity contribution in [3.63, 3.8) is 0 Å². The summed E-state index contributed by atoms with van der Waals surface area (Å²) >= 11 is 0. The second-order valence-corrected chi connectivity index (χ2v) is 7.32. The number of anilines is 1. The number of amides is 1. The van der Waals surface area contributed by atoms with Crippen LogP contribution in [-0.2, 0) is 15.0 Å². The second kappa shape index (κ2) is 4.94. The van der Waals surface area contributed by atoms with Crippen LogP contribution in [0.1, 0.15) is 24.5 Å². The van der Waals surface area contributed by atoms with Crippen molar-refractivity contribution >= 4 is 21.8 Å². The SMILES string of the molecule is O=C1CN(c2c(O)ccc(-c3cc(C4CC4)no3)c2F)S(=O)(=O)N1. The number of nitrogens with one attached hydrogen (secondary N) is 1. The highest BCUT2D eigenvalue weighted by molar-refractivity contribution is 7.92. The van der Waals surface area contributed by atoms with Crippen LogP contribution in [-0.4, -0.2) is 31.1 Å². The molecule has 2 aromatic rings. The number of benzene rings is 1. The van der Waals surface area contributed by atoms with Crippen molar-refractivity contribution in [2.24, 2.45) is 0 Å². The first-order valence-electron chi connectivity index (χ1n) is 7.18. The lowest BCUT2D eigenvalue weighted by Crippen LogP contribution is -2.30. The van der Waals surface area contributed by atoms with Crippen molar-refractivity contribution in [1.29, 1.82) is 0 Å². The zero-order chi connectivity index (χ0) is 17.1. The predicted molar refractivity (Wildman–Crippen MR) is 79.9 cm³/mol. The number of carbonyl (C=O) groups excluding carboxylic acids is 1. The molecule has 0 unspecified atom stereocenters. The molecule has 10 heteroatoms. The summed E-state index contributed by atoms with van der Waals surface area (Å²) < 4.78 is 46.0. The molecular weight excluding hydrogens is 341 g/mol. The molecule has 2 N–H and O–H groups in total. The molecule has 1 saturated carbocycles. The Kier molecular flexibility index (Phi) is 3.07. The third-order valence-electron chi connectivity index (χ3n) is 3.95. The number of hydrogen-bond donors (Lipinski definition) is 2. The van der Waals surface area contributed by atoms with E-state index in [2.05, 4.69) is 5.16 Å². The van der Waals surface area contributed by atoms with Gasteiger partial charge in [-0.15, -0.1) is 0 Å². The Hall–Kier alpha value is -2.62. The number of carbonyl (C=O) groups is 1. The van der Waals surface area contributed by atoms with Crippen LogP contribution in [0.2, 0.25) is 0 Å². The normalized spacial score (nSPS) is 19.5. The first-order chi connectivity index (χ1) is 11.4. The third kappa shape index (κ3) is 2.30. The summed E-state index contributed by atoms with van der Waals surface area (Å²) in [5.41, 5.74) is 0.0663. The van der Waals surface area contributed by atoms with Gasteiger partial charge in [0.2, 0.25) is 0 Å². The van der Waals surface area contributed by atoms with E-state index in [0.29, 0.717) is 15.9 Å². The molecule has 1 aromatic heterocycles. The fourth-order valence-corrected chi connectivity index (χ4v) is 3.78. The predicted octanol–water partition coefficient (Wildman–Crippen LogP) is 1.24. The molecule has 0 spiro atoms. The van der Waals surface area contributed by atoms with Gasteiger partial charge in [-0.3, -0.25) is 4.79 Å². The molecule has 1 aromatic carbocycles. The number of phenolic OH excluding ortho intramolecular Hbond substituents is 1. The van der Waals surface area contributed by atoms with Crippen LogP contribution in [0, 0.1) is 5.82 Å². The zero-order valence-electron chi connectivity index (χ0n) is 12.2. The summed E-state index contributed by atoms with van der Waals surface area (Å²) in [5, 5.41) is 13.8. The molecule has 24 heavy (non-hydrogen) atoms. The Morgan fingerprint density at radius 3 is 2.75 bits per heavy atom. The summed E-state index contributed by atoms with van der Waals surface area (Å²) in [6, 6.07) is 4.01. The van der Waals surface area contributed by atoms with Crippen LogP contribution in [0.25, 0.3) is 11.3 Å². The van der Waals surface area contributed by atoms with Crippen molar-refractivity contribution in [3.05, 3.63) is 29.7 Å². The molecule has 2 fully saturated rings. The van der Waals surface area contributed by atoms with E-state index < -0.39 is 39.9 Å². The molecule has 2 heterocycles. The quantitative estimate of drug-likeness (QED) is 0.858.